The molecule has 0 heterocycles. The highest BCUT2D eigenvalue weighted by atomic mass is 16.5. The largest absolute Gasteiger partial charge is 0.494 e. The van der Waals surface area contributed by atoms with E-state index in [1.54, 1.807) is 36.4 Å². The van der Waals surface area contributed by atoms with Gasteiger partial charge in [0.2, 0.25) is 5.91 Å². The lowest BCUT2D eigenvalue weighted by Crippen LogP contribution is -2.41. The summed E-state index contributed by atoms with van der Waals surface area (Å²) in [6.45, 7) is 4.62. The van der Waals surface area contributed by atoms with E-state index in [-0.39, 0.29) is 18.6 Å². The smallest absolute Gasteiger partial charge is 0.269 e. The van der Waals surface area contributed by atoms with E-state index in [2.05, 4.69) is 17.8 Å². The van der Waals surface area contributed by atoms with Gasteiger partial charge in [0.05, 0.1) is 6.61 Å². The summed E-state index contributed by atoms with van der Waals surface area (Å²) in [5.41, 5.74) is 6.55. The molecule has 0 aliphatic heterocycles. The predicted octanol–water partition coefficient (Wildman–Crippen LogP) is 3.99. The molecule has 0 aliphatic carbocycles. The number of Topliss-reactive ketones (excluding diaryl/α,β-unsaturated/α-hetero) is 1. The molecule has 0 atom stereocenters. The van der Waals surface area contributed by atoms with Crippen LogP contribution in [0.25, 0.3) is 0 Å². The minimum atomic E-state index is -0.420. The number of rotatable bonds is 10. The molecule has 6 heteroatoms. The molecule has 29 heavy (non-hydrogen) atoms. The molecule has 0 unspecified atom stereocenters. The van der Waals surface area contributed by atoms with Crippen molar-refractivity contribution in [3.63, 3.8) is 0 Å². The number of benzene rings is 2. The van der Waals surface area contributed by atoms with Crippen LogP contribution < -0.4 is 15.6 Å². The average molecular weight is 396 g/mol. The van der Waals surface area contributed by atoms with Crippen LogP contribution in [0.15, 0.2) is 48.5 Å². The zero-order valence-electron chi connectivity index (χ0n) is 17.0. The molecule has 2 N–H and O–H groups in total. The zero-order chi connectivity index (χ0) is 21.1. The van der Waals surface area contributed by atoms with Crippen LogP contribution in [0, 0.1) is 6.92 Å². The van der Waals surface area contributed by atoms with Crippen LogP contribution in [0.4, 0.5) is 0 Å². The van der Waals surface area contributed by atoms with Crippen molar-refractivity contribution in [2.24, 2.45) is 0 Å². The quantitative estimate of drug-likeness (QED) is 0.361. The first-order chi connectivity index (χ1) is 14.0. The fraction of sp³-hybridized carbons (Fsp3) is 0.348. The van der Waals surface area contributed by atoms with E-state index < -0.39 is 11.8 Å². The Morgan fingerprint density at radius 1 is 0.897 bits per heavy atom. The number of carbonyl (C=O) groups is 3. The highest BCUT2D eigenvalue weighted by molar-refractivity contribution is 5.99. The minimum absolute atomic E-state index is 0.0118. The number of hydrogen-bond acceptors (Lipinski definition) is 4. The first kappa shape index (κ1) is 22.1. The Hall–Kier alpha value is -3.15. The number of carbonyl (C=O) groups excluding carboxylic acids is 3. The first-order valence-electron chi connectivity index (χ1n) is 9.92. The van der Waals surface area contributed by atoms with Crippen LogP contribution in [0.2, 0.25) is 0 Å². The Labute approximate surface area is 171 Å². The minimum Gasteiger partial charge on any atom is -0.494 e. The molecular weight excluding hydrogens is 368 g/mol. The summed E-state index contributed by atoms with van der Waals surface area (Å²) in [7, 11) is 0. The Morgan fingerprint density at radius 3 is 2.31 bits per heavy atom. The molecule has 0 saturated carbocycles. The highest BCUT2D eigenvalue weighted by Crippen LogP contribution is 2.15. The lowest BCUT2D eigenvalue weighted by atomic mass is 10.1. The second-order valence-electron chi connectivity index (χ2n) is 6.82. The van der Waals surface area contributed by atoms with Gasteiger partial charge in [0.1, 0.15) is 5.75 Å². The number of aryl methyl sites for hydroxylation is 1. The monoisotopic (exact) mass is 396 g/mol. The standard InChI is InChI=1S/C23H28N2O4/c1-3-4-7-16-29-19-12-10-18(11-13-19)21(26)14-15-22(27)24-25-23(28)20-9-6-5-8-17(20)2/h5-6,8-13H,3-4,7,14-16H2,1-2H3,(H,24,27)(H,25,28). The van der Waals surface area contributed by atoms with Gasteiger partial charge in [-0.1, -0.05) is 38.0 Å². The second kappa shape index (κ2) is 11.6. The van der Waals surface area contributed by atoms with E-state index in [1.807, 2.05) is 19.1 Å². The number of hydrogen-bond donors (Lipinski definition) is 2. The van der Waals surface area contributed by atoms with E-state index in [9.17, 15) is 14.4 Å². The van der Waals surface area contributed by atoms with E-state index in [0.717, 1.165) is 30.6 Å². The number of nitrogens with one attached hydrogen (secondary N) is 2. The Balaban J connectivity index is 1.73. The topological polar surface area (TPSA) is 84.5 Å². The molecule has 0 radical (unpaired) electrons. The number of hydrazine groups is 1. The normalized spacial score (nSPS) is 10.3. The van der Waals surface area contributed by atoms with Crippen LogP contribution in [-0.2, 0) is 4.79 Å². The van der Waals surface area contributed by atoms with Crippen molar-refractivity contribution in [3.8, 4) is 5.75 Å². The molecular formula is C23H28N2O4. The van der Waals surface area contributed by atoms with E-state index in [4.69, 9.17) is 4.74 Å². The molecule has 0 fully saturated rings. The van der Waals surface area contributed by atoms with Crippen LogP contribution in [0.1, 0.15) is 65.3 Å². The number of unbranched alkanes of at least 4 members (excludes halogenated alkanes) is 2. The molecule has 0 aromatic heterocycles. The molecule has 2 rings (SSSR count). The molecule has 0 aliphatic rings. The van der Waals surface area contributed by atoms with Gasteiger partial charge in [-0.2, -0.15) is 0 Å². The average Bonchev–Trinajstić information content (AvgIpc) is 2.74. The number of amides is 2. The van der Waals surface area contributed by atoms with Gasteiger partial charge in [0, 0.05) is 24.0 Å². The third kappa shape index (κ3) is 7.41. The molecule has 154 valence electrons. The van der Waals surface area contributed by atoms with Crippen molar-refractivity contribution in [1.82, 2.24) is 10.9 Å². The zero-order valence-corrected chi connectivity index (χ0v) is 17.0. The van der Waals surface area contributed by atoms with Crippen molar-refractivity contribution >= 4 is 17.6 Å². The van der Waals surface area contributed by atoms with Gasteiger partial charge in [0.25, 0.3) is 5.91 Å². The molecule has 2 aromatic rings. The van der Waals surface area contributed by atoms with Gasteiger partial charge in [-0.25, -0.2) is 0 Å². The van der Waals surface area contributed by atoms with Crippen molar-refractivity contribution < 1.29 is 19.1 Å². The Kier molecular flexibility index (Phi) is 8.89. The lowest BCUT2D eigenvalue weighted by molar-refractivity contribution is -0.121. The molecule has 2 amide bonds. The van der Waals surface area contributed by atoms with Gasteiger partial charge in [-0.05, 0) is 49.2 Å². The summed E-state index contributed by atoms with van der Waals surface area (Å²) in [4.78, 5) is 36.3. The number of ketones is 1. The van der Waals surface area contributed by atoms with Gasteiger partial charge >= 0.3 is 0 Å². The maximum absolute atomic E-state index is 12.3. The van der Waals surface area contributed by atoms with Crippen LogP contribution in [0.3, 0.4) is 0 Å². The lowest BCUT2D eigenvalue weighted by Gasteiger charge is -2.09. The highest BCUT2D eigenvalue weighted by Gasteiger charge is 2.12. The van der Waals surface area contributed by atoms with Gasteiger partial charge in [-0.15, -0.1) is 0 Å². The SMILES string of the molecule is CCCCCOc1ccc(C(=O)CCC(=O)NNC(=O)c2ccccc2C)cc1. The van der Waals surface area contributed by atoms with Crippen LogP contribution >= 0.6 is 0 Å². The van der Waals surface area contributed by atoms with Crippen molar-refractivity contribution in [1.29, 1.82) is 0 Å². The second-order valence-corrected chi connectivity index (χ2v) is 6.82. The Morgan fingerprint density at radius 2 is 1.62 bits per heavy atom. The van der Waals surface area contributed by atoms with Gasteiger partial charge in [0.15, 0.2) is 5.78 Å². The van der Waals surface area contributed by atoms with Gasteiger partial charge < -0.3 is 4.74 Å². The first-order valence-corrected chi connectivity index (χ1v) is 9.92. The molecule has 0 saturated heterocycles. The van der Waals surface area contributed by atoms with Gasteiger partial charge in [-0.3, -0.25) is 25.2 Å². The summed E-state index contributed by atoms with van der Waals surface area (Å²) in [5, 5.41) is 0. The van der Waals surface area contributed by atoms with Crippen molar-refractivity contribution in [2.75, 3.05) is 6.61 Å². The summed E-state index contributed by atoms with van der Waals surface area (Å²) in [5.74, 6) is -0.217. The maximum Gasteiger partial charge on any atom is 0.269 e. The summed E-state index contributed by atoms with van der Waals surface area (Å²) >= 11 is 0. The number of ether oxygens (including phenoxy) is 1. The van der Waals surface area contributed by atoms with Crippen molar-refractivity contribution in [2.45, 2.75) is 46.0 Å². The van der Waals surface area contributed by atoms with E-state index >= 15 is 0 Å². The summed E-state index contributed by atoms with van der Waals surface area (Å²) in [6.07, 6.45) is 3.32. The molecule has 2 aromatic carbocycles. The van der Waals surface area contributed by atoms with Crippen molar-refractivity contribution in [3.05, 3.63) is 65.2 Å². The predicted molar refractivity (Wildman–Crippen MR) is 112 cm³/mol. The summed E-state index contributed by atoms with van der Waals surface area (Å²) < 4.78 is 5.62. The maximum atomic E-state index is 12.3. The molecule has 0 bridgehead atoms. The van der Waals surface area contributed by atoms with E-state index in [1.165, 1.54) is 0 Å². The third-order valence-electron chi connectivity index (χ3n) is 4.48. The van der Waals surface area contributed by atoms with E-state index in [0.29, 0.717) is 17.7 Å². The fourth-order valence-corrected chi connectivity index (χ4v) is 2.73. The fourth-order valence-electron chi connectivity index (χ4n) is 2.73. The summed E-state index contributed by atoms with van der Waals surface area (Å²) in [6, 6.07) is 14.0. The third-order valence-corrected chi connectivity index (χ3v) is 4.48. The molecule has 6 nitrogen and oxygen atoms in total. The van der Waals surface area contributed by atoms with Crippen LogP contribution in [0.5, 0.6) is 5.75 Å². The Bertz CT molecular complexity index is 831. The molecule has 0 spiro atoms. The van der Waals surface area contributed by atoms with Crippen LogP contribution in [-0.4, -0.2) is 24.2 Å².